The lowest BCUT2D eigenvalue weighted by Crippen LogP contribution is -2.42. The van der Waals surface area contributed by atoms with Gasteiger partial charge < -0.3 is 19.3 Å². The number of hydrogen-bond acceptors (Lipinski definition) is 5. The van der Waals surface area contributed by atoms with Crippen LogP contribution in [0.5, 0.6) is 5.75 Å². The van der Waals surface area contributed by atoms with Crippen molar-refractivity contribution in [3.05, 3.63) is 65.2 Å². The van der Waals surface area contributed by atoms with Crippen molar-refractivity contribution in [3.63, 3.8) is 0 Å². The van der Waals surface area contributed by atoms with Gasteiger partial charge in [-0.15, -0.1) is 0 Å². The summed E-state index contributed by atoms with van der Waals surface area (Å²) in [7, 11) is 1.37. The van der Waals surface area contributed by atoms with Crippen LogP contribution in [-0.2, 0) is 11.3 Å². The second-order valence-corrected chi connectivity index (χ2v) is 8.30. The largest absolute Gasteiger partial charge is 0.489 e. The molecule has 164 valence electrons. The molecule has 6 nitrogen and oxygen atoms in total. The van der Waals surface area contributed by atoms with Crippen LogP contribution in [0.3, 0.4) is 0 Å². The zero-order chi connectivity index (χ0) is 21.6. The predicted octanol–water partition coefficient (Wildman–Crippen LogP) is 3.75. The lowest BCUT2D eigenvalue weighted by Gasteiger charge is -2.28. The van der Waals surface area contributed by atoms with Crippen LogP contribution >= 0.6 is 0 Å². The summed E-state index contributed by atoms with van der Waals surface area (Å²) in [6, 6.07) is 14.9. The molecule has 4 rings (SSSR count). The molecule has 2 fully saturated rings. The molecule has 0 saturated carbocycles. The number of esters is 1. The summed E-state index contributed by atoms with van der Waals surface area (Å²) >= 11 is 0. The van der Waals surface area contributed by atoms with Gasteiger partial charge in [0.2, 0.25) is 0 Å². The number of likely N-dealkylation sites (tertiary alicyclic amines) is 2. The van der Waals surface area contributed by atoms with Crippen molar-refractivity contribution in [2.75, 3.05) is 33.3 Å². The number of carbonyl (C=O) groups excluding carboxylic acids is 2. The first-order valence-corrected chi connectivity index (χ1v) is 11.1. The van der Waals surface area contributed by atoms with Crippen molar-refractivity contribution in [1.29, 1.82) is 0 Å². The molecule has 2 saturated heterocycles. The van der Waals surface area contributed by atoms with Crippen LogP contribution in [-0.4, -0.2) is 61.0 Å². The van der Waals surface area contributed by atoms with E-state index in [1.165, 1.54) is 20.0 Å². The Morgan fingerprint density at radius 3 is 2.26 bits per heavy atom. The maximum absolute atomic E-state index is 13.1. The van der Waals surface area contributed by atoms with Gasteiger partial charge >= 0.3 is 5.97 Å². The van der Waals surface area contributed by atoms with Crippen molar-refractivity contribution < 1.29 is 19.1 Å². The van der Waals surface area contributed by atoms with Crippen LogP contribution < -0.4 is 4.74 Å². The van der Waals surface area contributed by atoms with Gasteiger partial charge in [0.25, 0.3) is 5.91 Å². The molecule has 2 aliphatic rings. The molecule has 0 aromatic heterocycles. The van der Waals surface area contributed by atoms with E-state index in [-0.39, 0.29) is 11.9 Å². The molecule has 0 spiro atoms. The third-order valence-electron chi connectivity index (χ3n) is 6.19. The Bertz CT molecular complexity index is 889. The Kier molecular flexibility index (Phi) is 6.87. The SMILES string of the molecule is COC(=O)c1ccc(COc2ccc(C(=O)N3CCC[C@H]3CN3CCCC3)cc2)cc1. The van der Waals surface area contributed by atoms with E-state index in [1.807, 2.05) is 36.4 Å². The van der Waals surface area contributed by atoms with Crippen molar-refractivity contribution in [1.82, 2.24) is 9.80 Å². The van der Waals surface area contributed by atoms with Crippen LogP contribution in [0.15, 0.2) is 48.5 Å². The average molecular weight is 423 g/mol. The molecule has 2 aliphatic heterocycles. The first kappa shape index (κ1) is 21.4. The highest BCUT2D eigenvalue weighted by Crippen LogP contribution is 2.24. The minimum absolute atomic E-state index is 0.117. The number of nitrogens with zero attached hydrogens (tertiary/aromatic N) is 2. The molecular formula is C25H30N2O4. The van der Waals surface area contributed by atoms with Gasteiger partial charge in [0, 0.05) is 24.7 Å². The van der Waals surface area contributed by atoms with Gasteiger partial charge in [0.15, 0.2) is 0 Å². The minimum Gasteiger partial charge on any atom is -0.489 e. The summed E-state index contributed by atoms with van der Waals surface area (Å²) in [6.45, 7) is 4.56. The van der Waals surface area contributed by atoms with Crippen LogP contribution in [0.2, 0.25) is 0 Å². The number of ether oxygens (including phenoxy) is 2. The van der Waals surface area contributed by atoms with Crippen LogP contribution in [0.4, 0.5) is 0 Å². The molecule has 2 aromatic rings. The van der Waals surface area contributed by atoms with E-state index in [4.69, 9.17) is 9.47 Å². The van der Waals surface area contributed by atoms with E-state index >= 15 is 0 Å². The molecule has 31 heavy (non-hydrogen) atoms. The standard InChI is InChI=1S/C25H30N2O4/c1-30-25(29)21-8-6-19(7-9-21)18-31-23-12-10-20(11-13-23)24(28)27-16-4-5-22(27)17-26-14-2-3-15-26/h6-13,22H,2-5,14-18H2,1H3/t22-/m0/s1. The summed E-state index contributed by atoms with van der Waals surface area (Å²) in [4.78, 5) is 29.1. The van der Waals surface area contributed by atoms with E-state index in [1.54, 1.807) is 12.1 Å². The highest BCUT2D eigenvalue weighted by Gasteiger charge is 2.31. The molecule has 0 N–H and O–H groups in total. The highest BCUT2D eigenvalue weighted by atomic mass is 16.5. The first-order valence-electron chi connectivity index (χ1n) is 11.1. The van der Waals surface area contributed by atoms with E-state index in [0.717, 1.165) is 44.6 Å². The summed E-state index contributed by atoms with van der Waals surface area (Å²) in [5.74, 6) is 0.476. The molecule has 0 unspecified atom stereocenters. The van der Waals surface area contributed by atoms with E-state index in [2.05, 4.69) is 9.80 Å². The molecule has 2 aromatic carbocycles. The first-order chi connectivity index (χ1) is 15.1. The van der Waals surface area contributed by atoms with Gasteiger partial charge in [-0.2, -0.15) is 0 Å². The van der Waals surface area contributed by atoms with Gasteiger partial charge in [-0.3, -0.25) is 4.79 Å². The fourth-order valence-corrected chi connectivity index (χ4v) is 4.44. The normalized spacial score (nSPS) is 18.9. The fraction of sp³-hybridized carbons (Fsp3) is 0.440. The Hall–Kier alpha value is -2.86. The van der Waals surface area contributed by atoms with Crippen molar-refractivity contribution >= 4 is 11.9 Å². The number of carbonyl (C=O) groups is 2. The summed E-state index contributed by atoms with van der Waals surface area (Å²) < 4.78 is 10.5. The number of hydrogen-bond donors (Lipinski definition) is 0. The van der Waals surface area contributed by atoms with Crippen LogP contribution in [0.1, 0.15) is 52.0 Å². The molecule has 1 atom stereocenters. The van der Waals surface area contributed by atoms with E-state index in [9.17, 15) is 9.59 Å². The smallest absolute Gasteiger partial charge is 0.337 e. The zero-order valence-electron chi connectivity index (χ0n) is 18.1. The van der Waals surface area contributed by atoms with Gasteiger partial charge in [-0.1, -0.05) is 12.1 Å². The molecule has 0 bridgehead atoms. The fourth-order valence-electron chi connectivity index (χ4n) is 4.44. The monoisotopic (exact) mass is 422 g/mol. The van der Waals surface area contributed by atoms with Crippen LogP contribution in [0, 0.1) is 0 Å². The van der Waals surface area contributed by atoms with Gasteiger partial charge in [0.1, 0.15) is 12.4 Å². The maximum Gasteiger partial charge on any atom is 0.337 e. The lowest BCUT2D eigenvalue weighted by atomic mass is 10.1. The quantitative estimate of drug-likeness (QED) is 0.636. The third kappa shape index (κ3) is 5.25. The Morgan fingerprint density at radius 1 is 0.903 bits per heavy atom. The van der Waals surface area contributed by atoms with E-state index in [0.29, 0.717) is 29.5 Å². The molecule has 0 aliphatic carbocycles. The second kappa shape index (κ2) is 9.96. The maximum atomic E-state index is 13.1. The molecule has 6 heteroatoms. The minimum atomic E-state index is -0.353. The highest BCUT2D eigenvalue weighted by molar-refractivity contribution is 5.94. The molecule has 2 heterocycles. The second-order valence-electron chi connectivity index (χ2n) is 8.30. The van der Waals surface area contributed by atoms with Crippen molar-refractivity contribution in [2.45, 2.75) is 38.3 Å². The van der Waals surface area contributed by atoms with Gasteiger partial charge in [0.05, 0.1) is 12.7 Å². The molecular weight excluding hydrogens is 392 g/mol. The predicted molar refractivity (Wildman–Crippen MR) is 118 cm³/mol. The number of amides is 1. The number of methoxy groups -OCH3 is 1. The summed E-state index contributed by atoms with van der Waals surface area (Å²) in [5, 5.41) is 0. The Morgan fingerprint density at radius 2 is 1.58 bits per heavy atom. The van der Waals surface area contributed by atoms with E-state index < -0.39 is 0 Å². The van der Waals surface area contributed by atoms with Gasteiger partial charge in [-0.25, -0.2) is 4.79 Å². The van der Waals surface area contributed by atoms with Crippen molar-refractivity contribution in [2.24, 2.45) is 0 Å². The topological polar surface area (TPSA) is 59.1 Å². The number of benzene rings is 2. The third-order valence-corrected chi connectivity index (χ3v) is 6.19. The summed E-state index contributed by atoms with van der Waals surface area (Å²) in [6.07, 6.45) is 4.73. The van der Waals surface area contributed by atoms with Crippen LogP contribution in [0.25, 0.3) is 0 Å². The van der Waals surface area contributed by atoms with Crippen molar-refractivity contribution in [3.8, 4) is 5.75 Å². The Labute approximate surface area is 183 Å². The summed E-state index contributed by atoms with van der Waals surface area (Å²) in [5.41, 5.74) is 2.18. The molecule has 1 amide bonds. The number of rotatable bonds is 7. The van der Waals surface area contributed by atoms with Gasteiger partial charge in [-0.05, 0) is 80.7 Å². The average Bonchev–Trinajstić information content (AvgIpc) is 3.50. The Balaban J connectivity index is 1.32. The zero-order valence-corrected chi connectivity index (χ0v) is 18.1. The lowest BCUT2D eigenvalue weighted by molar-refractivity contribution is 0.0600. The molecule has 0 radical (unpaired) electrons.